The number of carbonyl (C=O) groups excluding carboxylic acids is 6. The monoisotopic (exact) mass is 779 g/mol. The van der Waals surface area contributed by atoms with Crippen LogP contribution in [-0.4, -0.2) is 92.9 Å². The zero-order valence-electron chi connectivity index (χ0n) is 34.3. The molecule has 55 heavy (non-hydrogen) atoms. The minimum Gasteiger partial charge on any atom is -0.459 e. The van der Waals surface area contributed by atoms with Gasteiger partial charge in [0.2, 0.25) is 0 Å². The molecule has 2 fully saturated rings. The first-order valence-corrected chi connectivity index (χ1v) is 19.1. The van der Waals surface area contributed by atoms with Crippen LogP contribution in [0, 0.1) is 21.7 Å². The molecule has 2 saturated carbocycles. The van der Waals surface area contributed by atoms with Crippen LogP contribution in [0.25, 0.3) is 0 Å². The molecule has 0 aliphatic heterocycles. The zero-order chi connectivity index (χ0) is 41.6. The fourth-order valence-corrected chi connectivity index (χ4v) is 8.40. The SMILES string of the molecule is C=CC(=O)OCC(C)OC(=O)CCC1(C)CC(NC(=O)OCC(C)OC(=O)NC2CC(C)(C)CC(C)(CNC(=O)OC(C)COC(=O)C=C)C2)CC(C)(C)C1. The quantitative estimate of drug-likeness (QED) is 0.0802. The van der Waals surface area contributed by atoms with Crippen LogP contribution in [0.1, 0.15) is 114 Å². The van der Waals surface area contributed by atoms with Crippen molar-refractivity contribution >= 4 is 36.2 Å². The normalized spacial score (nSPS) is 25.6. The third kappa shape index (κ3) is 18.3. The summed E-state index contributed by atoms with van der Waals surface area (Å²) in [6, 6.07) is -0.427. The Kier molecular flexibility index (Phi) is 17.5. The second-order valence-corrected chi connectivity index (χ2v) is 17.7. The molecule has 0 aromatic heterocycles. The Morgan fingerprint density at radius 2 is 1.05 bits per heavy atom. The minimum atomic E-state index is -0.723. The molecule has 0 spiro atoms. The molecule has 0 aromatic rings. The lowest BCUT2D eigenvalue weighted by Crippen LogP contribution is -2.51. The lowest BCUT2D eigenvalue weighted by molar-refractivity contribution is -0.156. The second kappa shape index (κ2) is 20.6. The molecule has 3 amide bonds. The van der Waals surface area contributed by atoms with Gasteiger partial charge in [0, 0.05) is 37.2 Å². The standard InChI is InChI=1S/C40H65N3O12/c1-12-31(44)50-20-26(3)53-33(46)14-15-39(10)18-29(16-37(6,7)23-39)42-35(48)52-22-28(5)55-36(49)43-30-17-38(8,9)24-40(11,19-30)25-41-34(47)54-27(4)21-51-32(45)13-2/h12-13,26-30H,1-2,14-25H2,3-11H3,(H,41,47)(H,42,48)(H,43,49). The summed E-state index contributed by atoms with van der Waals surface area (Å²) >= 11 is 0. The molecule has 2 aliphatic rings. The molecule has 3 N–H and O–H groups in total. The van der Waals surface area contributed by atoms with Crippen molar-refractivity contribution in [2.24, 2.45) is 21.7 Å². The Bertz CT molecular complexity index is 1380. The van der Waals surface area contributed by atoms with Crippen LogP contribution in [-0.2, 0) is 42.8 Å². The molecule has 7 unspecified atom stereocenters. The van der Waals surface area contributed by atoms with Crippen molar-refractivity contribution < 1.29 is 57.2 Å². The number of nitrogens with one attached hydrogen (secondary N) is 3. The number of esters is 3. The van der Waals surface area contributed by atoms with Gasteiger partial charge in [-0.15, -0.1) is 0 Å². The molecular formula is C40H65N3O12. The third-order valence-corrected chi connectivity index (χ3v) is 9.78. The highest BCUT2D eigenvalue weighted by molar-refractivity contribution is 5.81. The molecule has 0 bridgehead atoms. The summed E-state index contributed by atoms with van der Waals surface area (Å²) in [6.07, 6.45) is 3.26. The highest BCUT2D eigenvalue weighted by Gasteiger charge is 2.43. The number of hydrogen-bond acceptors (Lipinski definition) is 12. The highest BCUT2D eigenvalue weighted by atomic mass is 16.6. The largest absolute Gasteiger partial charge is 0.459 e. The number of alkyl carbamates (subject to hydrolysis) is 3. The van der Waals surface area contributed by atoms with Crippen LogP contribution in [0.15, 0.2) is 25.3 Å². The summed E-state index contributed by atoms with van der Waals surface area (Å²) in [6.45, 7) is 24.2. The van der Waals surface area contributed by atoms with Crippen molar-refractivity contribution in [2.75, 3.05) is 26.4 Å². The maximum atomic E-state index is 12.9. The van der Waals surface area contributed by atoms with Gasteiger partial charge < -0.3 is 44.4 Å². The van der Waals surface area contributed by atoms with Gasteiger partial charge in [0.25, 0.3) is 0 Å². The van der Waals surface area contributed by atoms with E-state index in [1.165, 1.54) is 0 Å². The Morgan fingerprint density at radius 1 is 0.618 bits per heavy atom. The molecule has 312 valence electrons. The van der Waals surface area contributed by atoms with E-state index >= 15 is 0 Å². The number of hydrogen-bond donors (Lipinski definition) is 3. The van der Waals surface area contributed by atoms with E-state index in [0.29, 0.717) is 32.2 Å². The van der Waals surface area contributed by atoms with E-state index in [-0.39, 0.29) is 66.0 Å². The second-order valence-electron chi connectivity index (χ2n) is 17.7. The average molecular weight is 780 g/mol. The van der Waals surface area contributed by atoms with Gasteiger partial charge in [-0.1, -0.05) is 54.7 Å². The molecule has 2 aliphatic carbocycles. The Balaban J connectivity index is 1.81. The van der Waals surface area contributed by atoms with E-state index in [9.17, 15) is 28.8 Å². The Morgan fingerprint density at radius 3 is 1.58 bits per heavy atom. The van der Waals surface area contributed by atoms with Crippen molar-refractivity contribution in [3.63, 3.8) is 0 Å². The van der Waals surface area contributed by atoms with Gasteiger partial charge in [0.05, 0.1) is 0 Å². The first kappa shape index (κ1) is 46.9. The molecule has 0 heterocycles. The van der Waals surface area contributed by atoms with E-state index in [1.807, 2.05) is 6.92 Å². The molecule has 0 saturated heterocycles. The fraction of sp³-hybridized carbons (Fsp3) is 0.750. The van der Waals surface area contributed by atoms with Gasteiger partial charge in [-0.05, 0) is 87.4 Å². The van der Waals surface area contributed by atoms with Crippen molar-refractivity contribution in [1.82, 2.24) is 16.0 Å². The summed E-state index contributed by atoms with van der Waals surface area (Å²) in [4.78, 5) is 73.3. The van der Waals surface area contributed by atoms with E-state index in [4.69, 9.17) is 28.4 Å². The summed E-state index contributed by atoms with van der Waals surface area (Å²) in [5, 5.41) is 8.73. The van der Waals surface area contributed by atoms with E-state index in [2.05, 4.69) is 63.7 Å². The lowest BCUT2D eigenvalue weighted by Gasteiger charge is -2.47. The van der Waals surface area contributed by atoms with E-state index in [1.54, 1.807) is 20.8 Å². The van der Waals surface area contributed by atoms with Crippen LogP contribution >= 0.6 is 0 Å². The summed E-state index contributed by atoms with van der Waals surface area (Å²) in [5.41, 5.74) is -0.874. The maximum absolute atomic E-state index is 12.9. The van der Waals surface area contributed by atoms with Gasteiger partial charge in [-0.3, -0.25) is 4.79 Å². The van der Waals surface area contributed by atoms with Gasteiger partial charge >= 0.3 is 36.2 Å². The van der Waals surface area contributed by atoms with E-state index < -0.39 is 48.5 Å². The predicted molar refractivity (Wildman–Crippen MR) is 204 cm³/mol. The Labute approximate surface area is 326 Å². The highest BCUT2D eigenvalue weighted by Crippen LogP contribution is 2.49. The van der Waals surface area contributed by atoms with E-state index in [0.717, 1.165) is 31.4 Å². The van der Waals surface area contributed by atoms with Gasteiger partial charge in [0.15, 0.2) is 0 Å². The first-order valence-electron chi connectivity index (χ1n) is 19.1. The summed E-state index contributed by atoms with van der Waals surface area (Å²) in [7, 11) is 0. The Hall–Kier alpha value is -4.30. The summed E-state index contributed by atoms with van der Waals surface area (Å²) in [5.74, 6) is -1.57. The van der Waals surface area contributed by atoms with Crippen LogP contribution in [0.2, 0.25) is 0 Å². The molecule has 2 rings (SSSR count). The van der Waals surface area contributed by atoms with Crippen molar-refractivity contribution in [2.45, 2.75) is 144 Å². The molecule has 0 aromatic carbocycles. The lowest BCUT2D eigenvalue weighted by atomic mass is 9.61. The van der Waals surface area contributed by atoms with Crippen molar-refractivity contribution in [3.8, 4) is 0 Å². The number of carbonyl (C=O) groups is 6. The molecule has 0 radical (unpaired) electrons. The van der Waals surface area contributed by atoms with Crippen molar-refractivity contribution in [1.29, 1.82) is 0 Å². The first-order chi connectivity index (χ1) is 25.4. The molecular weight excluding hydrogens is 714 g/mol. The maximum Gasteiger partial charge on any atom is 0.407 e. The third-order valence-electron chi connectivity index (χ3n) is 9.78. The van der Waals surface area contributed by atoms with Gasteiger partial charge in [-0.2, -0.15) is 0 Å². The zero-order valence-corrected chi connectivity index (χ0v) is 34.3. The summed E-state index contributed by atoms with van der Waals surface area (Å²) < 4.78 is 31.5. The number of amides is 3. The topological polar surface area (TPSA) is 194 Å². The number of ether oxygens (including phenoxy) is 6. The average Bonchev–Trinajstić information content (AvgIpc) is 3.05. The number of rotatable bonds is 18. The minimum absolute atomic E-state index is 0.0537. The van der Waals surface area contributed by atoms with Crippen LogP contribution in [0.3, 0.4) is 0 Å². The fourth-order valence-electron chi connectivity index (χ4n) is 8.40. The van der Waals surface area contributed by atoms with Gasteiger partial charge in [-0.25, -0.2) is 24.0 Å². The smallest absolute Gasteiger partial charge is 0.407 e. The van der Waals surface area contributed by atoms with Crippen LogP contribution < -0.4 is 16.0 Å². The van der Waals surface area contributed by atoms with Crippen LogP contribution in [0.4, 0.5) is 14.4 Å². The molecule has 15 heteroatoms. The molecule has 7 atom stereocenters. The van der Waals surface area contributed by atoms with Crippen LogP contribution in [0.5, 0.6) is 0 Å². The predicted octanol–water partition coefficient (Wildman–Crippen LogP) is 6.28. The molecule has 15 nitrogen and oxygen atoms in total. The van der Waals surface area contributed by atoms with Crippen molar-refractivity contribution in [3.05, 3.63) is 25.3 Å². The van der Waals surface area contributed by atoms with Gasteiger partial charge in [0.1, 0.15) is 38.1 Å².